The standard InChI is InChI=1S/C15H15F4N3S/c16-14(10-2-1-3-11(6-10)15(17,18)19)4-5-22(9-14)8-12-7-21-13(20)23-12/h1-3,6-7H,4-5,8-9H2,(H2,20,21). The highest BCUT2D eigenvalue weighted by Gasteiger charge is 2.41. The largest absolute Gasteiger partial charge is 0.416 e. The van der Waals surface area contributed by atoms with Crippen molar-refractivity contribution in [2.75, 3.05) is 18.8 Å². The maximum atomic E-state index is 15.1. The third-order valence-electron chi connectivity index (χ3n) is 3.96. The van der Waals surface area contributed by atoms with Gasteiger partial charge in [0.05, 0.1) is 5.56 Å². The highest BCUT2D eigenvalue weighted by molar-refractivity contribution is 7.15. The van der Waals surface area contributed by atoms with Gasteiger partial charge in [-0.1, -0.05) is 12.1 Å². The number of hydrogen-bond donors (Lipinski definition) is 1. The first kappa shape index (κ1) is 16.2. The van der Waals surface area contributed by atoms with Gasteiger partial charge >= 0.3 is 6.18 Å². The van der Waals surface area contributed by atoms with E-state index in [-0.39, 0.29) is 18.5 Å². The van der Waals surface area contributed by atoms with E-state index in [0.717, 1.165) is 17.0 Å². The normalized spacial score (nSPS) is 22.6. The lowest BCUT2D eigenvalue weighted by molar-refractivity contribution is -0.137. The van der Waals surface area contributed by atoms with Crippen LogP contribution < -0.4 is 5.73 Å². The molecule has 1 aromatic heterocycles. The van der Waals surface area contributed by atoms with Crippen molar-refractivity contribution in [3.63, 3.8) is 0 Å². The van der Waals surface area contributed by atoms with Crippen molar-refractivity contribution in [3.05, 3.63) is 46.5 Å². The second-order valence-electron chi connectivity index (χ2n) is 5.67. The molecule has 23 heavy (non-hydrogen) atoms. The number of nitrogens with zero attached hydrogens (tertiary/aromatic N) is 2. The molecular formula is C15H15F4N3S. The molecule has 0 spiro atoms. The van der Waals surface area contributed by atoms with E-state index in [1.807, 2.05) is 4.90 Å². The average Bonchev–Trinajstić information content (AvgIpc) is 3.06. The van der Waals surface area contributed by atoms with Crippen molar-refractivity contribution in [1.29, 1.82) is 0 Å². The molecule has 0 amide bonds. The van der Waals surface area contributed by atoms with Crippen LogP contribution in [-0.4, -0.2) is 23.0 Å². The SMILES string of the molecule is Nc1ncc(CN2CCC(F)(c3cccc(C(F)(F)F)c3)C2)s1. The Kier molecular flexibility index (Phi) is 4.05. The van der Waals surface area contributed by atoms with Crippen LogP contribution >= 0.6 is 11.3 Å². The van der Waals surface area contributed by atoms with Crippen molar-refractivity contribution in [1.82, 2.24) is 9.88 Å². The molecule has 0 bridgehead atoms. The zero-order valence-electron chi connectivity index (χ0n) is 12.1. The molecule has 1 aromatic carbocycles. The van der Waals surface area contributed by atoms with Gasteiger partial charge in [-0.3, -0.25) is 4.90 Å². The molecule has 0 aliphatic carbocycles. The number of alkyl halides is 4. The molecule has 8 heteroatoms. The van der Waals surface area contributed by atoms with Crippen molar-refractivity contribution in [2.45, 2.75) is 24.8 Å². The number of nitrogen functional groups attached to an aromatic ring is 1. The van der Waals surface area contributed by atoms with Gasteiger partial charge in [-0.05, 0) is 24.1 Å². The lowest BCUT2D eigenvalue weighted by Gasteiger charge is -2.22. The van der Waals surface area contributed by atoms with E-state index in [4.69, 9.17) is 5.73 Å². The van der Waals surface area contributed by atoms with Gasteiger partial charge in [-0.25, -0.2) is 9.37 Å². The fourth-order valence-corrected chi connectivity index (χ4v) is 3.54. The Hall–Kier alpha value is -1.67. The molecule has 3 rings (SSSR count). The second kappa shape index (κ2) is 5.76. The van der Waals surface area contributed by atoms with Gasteiger partial charge in [0.25, 0.3) is 0 Å². The number of aromatic nitrogens is 1. The Labute approximate surface area is 134 Å². The summed E-state index contributed by atoms with van der Waals surface area (Å²) < 4.78 is 53.5. The minimum atomic E-state index is -4.47. The van der Waals surface area contributed by atoms with Gasteiger partial charge in [-0.2, -0.15) is 13.2 Å². The minimum absolute atomic E-state index is 0.0616. The van der Waals surface area contributed by atoms with E-state index in [0.29, 0.717) is 18.2 Å². The number of thiazole rings is 1. The summed E-state index contributed by atoms with van der Waals surface area (Å²) in [6.07, 6.45) is -2.66. The van der Waals surface area contributed by atoms with Crippen LogP contribution in [0.4, 0.5) is 22.7 Å². The number of rotatable bonds is 3. The third kappa shape index (κ3) is 3.48. The molecule has 124 valence electrons. The molecule has 2 heterocycles. The smallest absolute Gasteiger partial charge is 0.375 e. The van der Waals surface area contributed by atoms with E-state index in [1.165, 1.54) is 23.5 Å². The summed E-state index contributed by atoms with van der Waals surface area (Å²) in [6, 6.07) is 4.54. The van der Waals surface area contributed by atoms with Gasteiger partial charge in [0, 0.05) is 30.7 Å². The lowest BCUT2D eigenvalue weighted by atomic mass is 9.93. The molecule has 2 aromatic rings. The Morgan fingerprint density at radius 3 is 2.78 bits per heavy atom. The van der Waals surface area contributed by atoms with Crippen LogP contribution in [0.5, 0.6) is 0 Å². The predicted molar refractivity (Wildman–Crippen MR) is 80.7 cm³/mol. The summed E-state index contributed by atoms with van der Waals surface area (Å²) in [5, 5.41) is 0.448. The van der Waals surface area contributed by atoms with Crippen LogP contribution in [0.3, 0.4) is 0 Å². The first-order valence-electron chi connectivity index (χ1n) is 7.05. The number of hydrogen-bond acceptors (Lipinski definition) is 4. The van der Waals surface area contributed by atoms with Crippen molar-refractivity contribution in [3.8, 4) is 0 Å². The predicted octanol–water partition coefficient (Wildman–Crippen LogP) is 3.81. The van der Waals surface area contributed by atoms with Crippen LogP contribution in [0.15, 0.2) is 30.5 Å². The van der Waals surface area contributed by atoms with Crippen LogP contribution in [0.25, 0.3) is 0 Å². The van der Waals surface area contributed by atoms with Crippen LogP contribution in [0, 0.1) is 0 Å². The maximum absolute atomic E-state index is 15.1. The lowest BCUT2D eigenvalue weighted by Crippen LogP contribution is -2.27. The maximum Gasteiger partial charge on any atom is 0.416 e. The highest BCUT2D eigenvalue weighted by atomic mass is 32.1. The van der Waals surface area contributed by atoms with Gasteiger partial charge < -0.3 is 5.73 Å². The van der Waals surface area contributed by atoms with Crippen molar-refractivity contribution < 1.29 is 17.6 Å². The van der Waals surface area contributed by atoms with Gasteiger partial charge in [0.2, 0.25) is 0 Å². The zero-order valence-corrected chi connectivity index (χ0v) is 12.9. The second-order valence-corrected chi connectivity index (χ2v) is 6.82. The molecule has 1 fully saturated rings. The number of likely N-dealkylation sites (tertiary alicyclic amines) is 1. The third-order valence-corrected chi connectivity index (χ3v) is 4.77. The van der Waals surface area contributed by atoms with Gasteiger partial charge in [-0.15, -0.1) is 11.3 Å². The van der Waals surface area contributed by atoms with Crippen molar-refractivity contribution in [2.24, 2.45) is 0 Å². The summed E-state index contributed by atoms with van der Waals surface area (Å²) in [5.74, 6) is 0. The summed E-state index contributed by atoms with van der Waals surface area (Å²) >= 11 is 1.33. The molecule has 1 aliphatic rings. The molecule has 0 radical (unpaired) electrons. The van der Waals surface area contributed by atoms with E-state index in [1.54, 1.807) is 6.20 Å². The molecule has 0 saturated carbocycles. The van der Waals surface area contributed by atoms with Gasteiger partial charge in [0.15, 0.2) is 5.13 Å². The Morgan fingerprint density at radius 2 is 2.13 bits per heavy atom. The number of halogens is 4. The monoisotopic (exact) mass is 345 g/mol. The molecule has 1 saturated heterocycles. The Bertz CT molecular complexity index is 700. The van der Waals surface area contributed by atoms with Crippen LogP contribution in [-0.2, 0) is 18.4 Å². The topological polar surface area (TPSA) is 42.1 Å². The molecule has 2 N–H and O–H groups in total. The minimum Gasteiger partial charge on any atom is -0.375 e. The highest BCUT2D eigenvalue weighted by Crippen LogP contribution is 2.39. The molecule has 1 unspecified atom stereocenters. The summed E-state index contributed by atoms with van der Waals surface area (Å²) in [6.45, 7) is 1.04. The first-order valence-corrected chi connectivity index (χ1v) is 7.87. The Morgan fingerprint density at radius 1 is 1.35 bits per heavy atom. The fraction of sp³-hybridized carbons (Fsp3) is 0.400. The van der Waals surface area contributed by atoms with Crippen molar-refractivity contribution >= 4 is 16.5 Å². The Balaban J connectivity index is 1.76. The zero-order chi connectivity index (χ0) is 16.7. The number of anilines is 1. The number of benzene rings is 1. The van der Waals surface area contributed by atoms with E-state index in [9.17, 15) is 13.2 Å². The van der Waals surface area contributed by atoms with E-state index < -0.39 is 17.4 Å². The molecule has 1 atom stereocenters. The summed E-state index contributed by atoms with van der Waals surface area (Å²) in [4.78, 5) is 6.72. The molecule has 1 aliphatic heterocycles. The van der Waals surface area contributed by atoms with Gasteiger partial charge in [0.1, 0.15) is 5.67 Å². The summed E-state index contributed by atoms with van der Waals surface area (Å²) in [7, 11) is 0. The molecular weight excluding hydrogens is 330 g/mol. The first-order chi connectivity index (χ1) is 10.8. The average molecular weight is 345 g/mol. The fourth-order valence-electron chi connectivity index (χ4n) is 2.81. The number of nitrogens with two attached hydrogens (primary N) is 1. The van der Waals surface area contributed by atoms with E-state index in [2.05, 4.69) is 4.98 Å². The quantitative estimate of drug-likeness (QED) is 0.860. The summed E-state index contributed by atoms with van der Waals surface area (Å²) in [5.41, 5.74) is 3.06. The molecule has 3 nitrogen and oxygen atoms in total. The van der Waals surface area contributed by atoms with Crippen LogP contribution in [0.2, 0.25) is 0 Å². The van der Waals surface area contributed by atoms with E-state index >= 15 is 4.39 Å². The van der Waals surface area contributed by atoms with Crippen LogP contribution in [0.1, 0.15) is 22.4 Å².